The first-order valence-corrected chi connectivity index (χ1v) is 4.88. The van der Waals surface area contributed by atoms with Crippen LogP contribution < -0.4 is 10.6 Å². The zero-order valence-electron chi connectivity index (χ0n) is 7.95. The second-order valence-corrected chi connectivity index (χ2v) is 3.42. The molecule has 0 saturated carbocycles. The molecule has 1 aromatic rings. The van der Waals surface area contributed by atoms with Crippen molar-refractivity contribution < 1.29 is 0 Å². The van der Waals surface area contributed by atoms with Crippen LogP contribution in [0.25, 0.3) is 0 Å². The third-order valence-electron chi connectivity index (χ3n) is 2.39. The molecule has 1 aliphatic rings. The quantitative estimate of drug-likeness (QED) is 0.718. The molecule has 1 saturated heterocycles. The highest BCUT2D eigenvalue weighted by Crippen LogP contribution is 2.09. The van der Waals surface area contributed by atoms with E-state index in [-0.39, 0.29) is 0 Å². The van der Waals surface area contributed by atoms with Crippen molar-refractivity contribution in [3.8, 4) is 0 Å². The Hall–Kier alpha value is -1.03. The molecule has 4 heteroatoms. The van der Waals surface area contributed by atoms with Crippen LogP contribution in [0, 0.1) is 0 Å². The second kappa shape index (κ2) is 3.79. The number of hydrogen-bond donors (Lipinski definition) is 2. The molecule has 4 nitrogen and oxygen atoms in total. The average Bonchev–Trinajstić information content (AvgIpc) is 2.76. The zero-order valence-corrected chi connectivity index (χ0v) is 7.95. The summed E-state index contributed by atoms with van der Waals surface area (Å²) in [6.45, 7) is 5.22. The maximum Gasteiger partial charge on any atom is 0.0729 e. The van der Waals surface area contributed by atoms with E-state index in [2.05, 4.69) is 28.9 Å². The second-order valence-electron chi connectivity index (χ2n) is 3.42. The van der Waals surface area contributed by atoms with Gasteiger partial charge in [0.1, 0.15) is 0 Å². The summed E-state index contributed by atoms with van der Waals surface area (Å²) in [5.74, 6) is 0. The fraction of sp³-hybridized carbons (Fsp3) is 0.667. The molecule has 0 bridgehead atoms. The molecule has 0 radical (unpaired) electrons. The normalized spacial score (nSPS) is 22.1. The predicted molar refractivity (Wildman–Crippen MR) is 52.8 cm³/mol. The third-order valence-corrected chi connectivity index (χ3v) is 2.39. The smallest absolute Gasteiger partial charge is 0.0729 e. The van der Waals surface area contributed by atoms with Crippen molar-refractivity contribution in [3.63, 3.8) is 0 Å². The summed E-state index contributed by atoms with van der Waals surface area (Å²) in [4.78, 5) is 0. The molecule has 1 aromatic heterocycles. The molecule has 13 heavy (non-hydrogen) atoms. The standard InChI is InChI=1S/C9H16N4/c1-2-13-7-9(6-11-13)12-8-3-4-10-5-8/h6-8,10,12H,2-5H2,1H3/t8-/m1/s1. The largest absolute Gasteiger partial charge is 0.378 e. The Kier molecular flexibility index (Phi) is 2.49. The maximum atomic E-state index is 4.21. The van der Waals surface area contributed by atoms with E-state index in [1.165, 1.54) is 6.42 Å². The fourth-order valence-electron chi connectivity index (χ4n) is 1.62. The minimum Gasteiger partial charge on any atom is -0.378 e. The number of nitrogens with one attached hydrogen (secondary N) is 2. The number of anilines is 1. The maximum absolute atomic E-state index is 4.21. The Morgan fingerprint density at radius 1 is 1.77 bits per heavy atom. The van der Waals surface area contributed by atoms with Crippen molar-refractivity contribution in [2.45, 2.75) is 25.9 Å². The lowest BCUT2D eigenvalue weighted by Crippen LogP contribution is -2.21. The van der Waals surface area contributed by atoms with E-state index in [1.807, 2.05) is 10.9 Å². The Balaban J connectivity index is 1.92. The van der Waals surface area contributed by atoms with E-state index in [4.69, 9.17) is 0 Å². The Bertz CT molecular complexity index is 262. The summed E-state index contributed by atoms with van der Waals surface area (Å²) in [7, 11) is 0. The van der Waals surface area contributed by atoms with E-state index in [0.717, 1.165) is 25.3 Å². The molecule has 0 unspecified atom stereocenters. The van der Waals surface area contributed by atoms with Crippen LogP contribution in [-0.2, 0) is 6.54 Å². The van der Waals surface area contributed by atoms with Crippen molar-refractivity contribution in [2.24, 2.45) is 0 Å². The molecule has 0 aromatic carbocycles. The molecule has 2 heterocycles. The number of aryl methyl sites for hydroxylation is 1. The lowest BCUT2D eigenvalue weighted by atomic mass is 10.2. The highest BCUT2D eigenvalue weighted by atomic mass is 15.3. The van der Waals surface area contributed by atoms with Crippen LogP contribution in [0.5, 0.6) is 0 Å². The summed E-state index contributed by atoms with van der Waals surface area (Å²) in [6, 6.07) is 0.578. The molecule has 2 rings (SSSR count). The number of rotatable bonds is 3. The Labute approximate surface area is 78.3 Å². The first-order valence-electron chi connectivity index (χ1n) is 4.88. The fourth-order valence-corrected chi connectivity index (χ4v) is 1.62. The zero-order chi connectivity index (χ0) is 9.10. The molecule has 1 aliphatic heterocycles. The SMILES string of the molecule is CCn1cc(N[C@@H]2CCNC2)cn1. The van der Waals surface area contributed by atoms with Gasteiger partial charge in [-0.25, -0.2) is 0 Å². The minimum atomic E-state index is 0.578. The highest BCUT2D eigenvalue weighted by molar-refractivity contribution is 5.39. The molecule has 1 atom stereocenters. The third kappa shape index (κ3) is 2.01. The van der Waals surface area contributed by atoms with Gasteiger partial charge in [0.2, 0.25) is 0 Å². The average molecular weight is 180 g/mol. The number of nitrogens with zero attached hydrogens (tertiary/aromatic N) is 2. The summed E-state index contributed by atoms with van der Waals surface area (Å²) in [5.41, 5.74) is 1.13. The highest BCUT2D eigenvalue weighted by Gasteiger charge is 2.13. The first-order chi connectivity index (χ1) is 6.38. The molecular formula is C9H16N4. The van der Waals surface area contributed by atoms with Crippen LogP contribution in [0.1, 0.15) is 13.3 Å². The Morgan fingerprint density at radius 3 is 3.31 bits per heavy atom. The van der Waals surface area contributed by atoms with Gasteiger partial charge >= 0.3 is 0 Å². The van der Waals surface area contributed by atoms with Gasteiger partial charge in [0.05, 0.1) is 11.9 Å². The van der Waals surface area contributed by atoms with Gasteiger partial charge in [0.15, 0.2) is 0 Å². The van der Waals surface area contributed by atoms with Gasteiger partial charge in [-0.05, 0) is 19.9 Å². The monoisotopic (exact) mass is 180 g/mol. The van der Waals surface area contributed by atoms with Gasteiger partial charge in [-0.15, -0.1) is 0 Å². The summed E-state index contributed by atoms with van der Waals surface area (Å²) >= 11 is 0. The van der Waals surface area contributed by atoms with Crippen LogP contribution >= 0.6 is 0 Å². The van der Waals surface area contributed by atoms with Gasteiger partial charge < -0.3 is 10.6 Å². The van der Waals surface area contributed by atoms with E-state index in [0.29, 0.717) is 6.04 Å². The minimum absolute atomic E-state index is 0.578. The summed E-state index contributed by atoms with van der Waals surface area (Å²) in [6.07, 6.45) is 5.15. The topological polar surface area (TPSA) is 41.9 Å². The van der Waals surface area contributed by atoms with Crippen molar-refractivity contribution >= 4 is 5.69 Å². The van der Waals surface area contributed by atoms with E-state index in [1.54, 1.807) is 0 Å². The van der Waals surface area contributed by atoms with Crippen LogP contribution in [-0.4, -0.2) is 28.9 Å². The number of aromatic nitrogens is 2. The van der Waals surface area contributed by atoms with Crippen LogP contribution in [0.3, 0.4) is 0 Å². The van der Waals surface area contributed by atoms with Crippen molar-refractivity contribution in [1.29, 1.82) is 0 Å². The summed E-state index contributed by atoms with van der Waals surface area (Å²) in [5, 5.41) is 11.0. The van der Waals surface area contributed by atoms with E-state index < -0.39 is 0 Å². The van der Waals surface area contributed by atoms with Crippen molar-refractivity contribution in [1.82, 2.24) is 15.1 Å². The van der Waals surface area contributed by atoms with E-state index >= 15 is 0 Å². The van der Waals surface area contributed by atoms with Gasteiger partial charge in [0, 0.05) is 25.3 Å². The lowest BCUT2D eigenvalue weighted by Gasteiger charge is -2.09. The molecular weight excluding hydrogens is 164 g/mol. The molecule has 0 amide bonds. The lowest BCUT2D eigenvalue weighted by molar-refractivity contribution is 0.660. The molecule has 72 valence electrons. The van der Waals surface area contributed by atoms with Crippen LogP contribution in [0.15, 0.2) is 12.4 Å². The predicted octanol–water partition coefficient (Wildman–Crippen LogP) is 0.677. The van der Waals surface area contributed by atoms with Gasteiger partial charge in [-0.3, -0.25) is 4.68 Å². The van der Waals surface area contributed by atoms with Crippen molar-refractivity contribution in [2.75, 3.05) is 18.4 Å². The first kappa shape index (κ1) is 8.56. The molecule has 0 aliphatic carbocycles. The van der Waals surface area contributed by atoms with Crippen LogP contribution in [0.2, 0.25) is 0 Å². The summed E-state index contributed by atoms with van der Waals surface area (Å²) < 4.78 is 1.94. The van der Waals surface area contributed by atoms with E-state index in [9.17, 15) is 0 Å². The molecule has 1 fully saturated rings. The van der Waals surface area contributed by atoms with Crippen LogP contribution in [0.4, 0.5) is 5.69 Å². The van der Waals surface area contributed by atoms with Gasteiger partial charge in [-0.2, -0.15) is 5.10 Å². The number of hydrogen-bond acceptors (Lipinski definition) is 3. The van der Waals surface area contributed by atoms with Crippen molar-refractivity contribution in [3.05, 3.63) is 12.4 Å². The van der Waals surface area contributed by atoms with Gasteiger partial charge in [-0.1, -0.05) is 0 Å². The van der Waals surface area contributed by atoms with Gasteiger partial charge in [0.25, 0.3) is 0 Å². The Morgan fingerprint density at radius 2 is 2.69 bits per heavy atom. The molecule has 2 N–H and O–H groups in total. The molecule has 0 spiro atoms.